The molecule has 4 rings (SSSR count). The first-order valence-corrected chi connectivity index (χ1v) is 18.1. The van der Waals surface area contributed by atoms with E-state index in [0.717, 1.165) is 86.2 Å². The van der Waals surface area contributed by atoms with Crippen LogP contribution in [-0.4, -0.2) is 74.7 Å². The van der Waals surface area contributed by atoms with E-state index in [9.17, 15) is 14.0 Å². The van der Waals surface area contributed by atoms with Crippen LogP contribution in [0.3, 0.4) is 0 Å². The van der Waals surface area contributed by atoms with Crippen LogP contribution in [0.2, 0.25) is 0 Å². The van der Waals surface area contributed by atoms with E-state index in [-0.39, 0.29) is 30.2 Å². The maximum Gasteiger partial charge on any atom is 0.243 e. The molecule has 0 aromatic heterocycles. The number of carbonyl (C=O) groups is 2. The number of amides is 2. The zero-order valence-corrected chi connectivity index (χ0v) is 30.4. The Morgan fingerprint density at radius 1 is 0.979 bits per heavy atom. The molecule has 0 bridgehead atoms. The highest BCUT2D eigenvalue weighted by atomic mass is 19.1. The smallest absolute Gasteiger partial charge is 0.243 e. The first-order valence-electron chi connectivity index (χ1n) is 18.1. The standard InChI is InChI=1S/C26H41N5O3.C10H13F.C3H8/c1-3-9-22-16-28-20(2)19-34-24-12-5-4-10-21(24)11-8-13-27-26(33)23(30-25(32)17-29-22)18-31-14-6-7-15-31;1-3-4-9-6-5-8(2)7-10(9)11;1-3-2/h4-5,9-10,12,20,23,28-29H,3,6-8,11,13-19H2,1-2H3,(H,27,33)(H,30,32);5-7H,3-4H2,1-2H3;3H2,1-2H3/b22-9+;;/t20-,23?;;/m0../s1. The Labute approximate surface area is 289 Å². The second-order valence-corrected chi connectivity index (χ2v) is 12.8. The molecule has 1 saturated heterocycles. The number of rotatable bonds is 5. The van der Waals surface area contributed by atoms with Crippen LogP contribution in [0.15, 0.2) is 54.2 Å². The van der Waals surface area contributed by atoms with Gasteiger partial charge in [0.15, 0.2) is 0 Å². The van der Waals surface area contributed by atoms with Gasteiger partial charge in [-0.1, -0.05) is 76.9 Å². The highest BCUT2D eigenvalue weighted by molar-refractivity contribution is 5.88. The van der Waals surface area contributed by atoms with Crippen LogP contribution >= 0.6 is 0 Å². The number of allylic oxidation sites excluding steroid dienone is 1. The monoisotopic (exact) mass is 667 g/mol. The maximum atomic E-state index is 13.0. The molecule has 0 spiro atoms. The van der Waals surface area contributed by atoms with Crippen molar-refractivity contribution in [2.24, 2.45) is 0 Å². The summed E-state index contributed by atoms with van der Waals surface area (Å²) in [7, 11) is 0. The Morgan fingerprint density at radius 2 is 1.71 bits per heavy atom. The van der Waals surface area contributed by atoms with E-state index in [2.05, 4.69) is 72.9 Å². The lowest BCUT2D eigenvalue weighted by Gasteiger charge is -2.24. The van der Waals surface area contributed by atoms with Crippen molar-refractivity contribution in [3.05, 3.63) is 76.7 Å². The fourth-order valence-corrected chi connectivity index (χ4v) is 5.46. The molecule has 4 N–H and O–H groups in total. The molecule has 2 aromatic rings. The number of likely N-dealkylation sites (tertiary alicyclic amines) is 1. The number of fused-ring (bicyclic) bond motifs is 1. The molecule has 1 fully saturated rings. The Hall–Kier alpha value is -3.43. The number of hydrogen-bond acceptors (Lipinski definition) is 6. The van der Waals surface area contributed by atoms with Crippen molar-refractivity contribution >= 4 is 11.8 Å². The number of nitrogens with zero attached hydrogens (tertiary/aromatic N) is 1. The lowest BCUT2D eigenvalue weighted by molar-refractivity contribution is -0.129. The summed E-state index contributed by atoms with van der Waals surface area (Å²) in [5.74, 6) is 0.538. The number of para-hydroxylation sites is 1. The quantitative estimate of drug-likeness (QED) is 0.309. The number of carbonyl (C=O) groups excluding carboxylic acids is 2. The number of aryl methyl sites for hydroxylation is 3. The summed E-state index contributed by atoms with van der Waals surface area (Å²) in [4.78, 5) is 27.9. The van der Waals surface area contributed by atoms with Crippen LogP contribution in [-0.2, 0) is 22.4 Å². The summed E-state index contributed by atoms with van der Waals surface area (Å²) in [5.41, 5.74) is 3.92. The molecule has 2 atom stereocenters. The van der Waals surface area contributed by atoms with E-state index in [4.69, 9.17) is 4.74 Å². The third-order valence-electron chi connectivity index (χ3n) is 7.97. The maximum absolute atomic E-state index is 13.0. The number of hydrogen-bond donors (Lipinski definition) is 4. The molecular formula is C39H62FN5O3. The first-order chi connectivity index (χ1) is 23.2. The topological polar surface area (TPSA) is 94.7 Å². The van der Waals surface area contributed by atoms with Crippen LogP contribution in [0.25, 0.3) is 0 Å². The van der Waals surface area contributed by atoms with Crippen molar-refractivity contribution in [3.63, 3.8) is 0 Å². The number of halogens is 1. The molecule has 2 amide bonds. The van der Waals surface area contributed by atoms with Crippen LogP contribution < -0.4 is 26.0 Å². The Balaban J connectivity index is 0.000000476. The van der Waals surface area contributed by atoms with E-state index >= 15 is 0 Å². The predicted molar refractivity (Wildman–Crippen MR) is 196 cm³/mol. The summed E-state index contributed by atoms with van der Waals surface area (Å²) in [6, 6.07) is 13.1. The fourth-order valence-electron chi connectivity index (χ4n) is 5.46. The summed E-state index contributed by atoms with van der Waals surface area (Å²) >= 11 is 0. The molecule has 2 heterocycles. The van der Waals surface area contributed by atoms with Gasteiger partial charge in [0.25, 0.3) is 0 Å². The molecule has 2 aliphatic rings. The van der Waals surface area contributed by atoms with Gasteiger partial charge < -0.3 is 30.9 Å². The van der Waals surface area contributed by atoms with Crippen molar-refractivity contribution in [1.29, 1.82) is 0 Å². The van der Waals surface area contributed by atoms with Gasteiger partial charge in [-0.3, -0.25) is 9.59 Å². The van der Waals surface area contributed by atoms with E-state index in [0.29, 0.717) is 26.2 Å². The van der Waals surface area contributed by atoms with E-state index < -0.39 is 6.04 Å². The fraction of sp³-hybridized carbons (Fsp3) is 0.590. The first kappa shape index (κ1) is 40.7. The largest absolute Gasteiger partial charge is 0.492 e. The molecule has 1 unspecified atom stereocenters. The highest BCUT2D eigenvalue weighted by Crippen LogP contribution is 2.20. The van der Waals surface area contributed by atoms with Gasteiger partial charge in [-0.25, -0.2) is 4.39 Å². The van der Waals surface area contributed by atoms with Crippen molar-refractivity contribution < 1.29 is 18.7 Å². The summed E-state index contributed by atoms with van der Waals surface area (Å²) in [5, 5.41) is 12.7. The molecule has 0 saturated carbocycles. The zero-order valence-electron chi connectivity index (χ0n) is 30.4. The van der Waals surface area contributed by atoms with Crippen molar-refractivity contribution in [2.75, 3.05) is 45.9 Å². The zero-order chi connectivity index (χ0) is 35.1. The van der Waals surface area contributed by atoms with Gasteiger partial charge in [-0.05, 0) is 94.3 Å². The second kappa shape index (κ2) is 23.8. The minimum atomic E-state index is -0.557. The summed E-state index contributed by atoms with van der Waals surface area (Å²) < 4.78 is 19.1. The molecule has 48 heavy (non-hydrogen) atoms. The average Bonchev–Trinajstić information content (AvgIpc) is 3.58. The molecule has 9 heteroatoms. The van der Waals surface area contributed by atoms with Crippen LogP contribution in [0, 0.1) is 12.7 Å². The number of ether oxygens (including phenoxy) is 1. The molecule has 2 aromatic carbocycles. The van der Waals surface area contributed by atoms with E-state index in [1.165, 1.54) is 6.42 Å². The Bertz CT molecular complexity index is 1250. The number of benzene rings is 2. The lowest BCUT2D eigenvalue weighted by atomic mass is 10.1. The SMILES string of the molecule is CC/C=C1\CN[C@@H](C)COc2ccccc2CCCNC(=O)C(CN2CCCC2)NC(=O)CN1.CCC.CCCc1ccc(C)cc1F. The summed E-state index contributed by atoms with van der Waals surface area (Å²) in [6.45, 7) is 16.7. The molecule has 0 aliphatic carbocycles. The van der Waals surface area contributed by atoms with Gasteiger partial charge in [0.05, 0.1) is 6.54 Å². The van der Waals surface area contributed by atoms with Gasteiger partial charge in [0.2, 0.25) is 11.8 Å². The van der Waals surface area contributed by atoms with E-state index in [1.807, 2.05) is 37.3 Å². The third-order valence-corrected chi connectivity index (χ3v) is 7.97. The van der Waals surface area contributed by atoms with E-state index in [1.54, 1.807) is 6.07 Å². The van der Waals surface area contributed by atoms with Crippen molar-refractivity contribution in [2.45, 2.75) is 105 Å². The van der Waals surface area contributed by atoms with Gasteiger partial charge in [0, 0.05) is 31.4 Å². The van der Waals surface area contributed by atoms with Crippen molar-refractivity contribution in [3.8, 4) is 5.75 Å². The van der Waals surface area contributed by atoms with Gasteiger partial charge in [-0.15, -0.1) is 0 Å². The Kier molecular flexibility index (Phi) is 20.2. The van der Waals surface area contributed by atoms with Crippen LogP contribution in [0.4, 0.5) is 4.39 Å². The van der Waals surface area contributed by atoms with Crippen LogP contribution in [0.1, 0.15) is 89.8 Å². The molecule has 268 valence electrons. The van der Waals surface area contributed by atoms with Gasteiger partial charge in [0.1, 0.15) is 24.2 Å². The molecule has 2 aliphatic heterocycles. The summed E-state index contributed by atoms with van der Waals surface area (Å²) in [6.07, 6.45) is 9.93. The molecule has 0 radical (unpaired) electrons. The minimum absolute atomic E-state index is 0.0631. The van der Waals surface area contributed by atoms with Crippen LogP contribution in [0.5, 0.6) is 5.75 Å². The Morgan fingerprint density at radius 3 is 2.40 bits per heavy atom. The van der Waals surface area contributed by atoms with Crippen molar-refractivity contribution in [1.82, 2.24) is 26.2 Å². The van der Waals surface area contributed by atoms with Gasteiger partial charge in [-0.2, -0.15) is 0 Å². The minimum Gasteiger partial charge on any atom is -0.492 e. The number of nitrogens with one attached hydrogen (secondary N) is 4. The predicted octanol–water partition coefficient (Wildman–Crippen LogP) is 6.07. The average molecular weight is 668 g/mol. The van der Waals surface area contributed by atoms with Gasteiger partial charge >= 0.3 is 0 Å². The molecule has 8 nitrogen and oxygen atoms in total. The normalized spacial score (nSPS) is 20.6. The molecular weight excluding hydrogens is 605 g/mol. The highest BCUT2D eigenvalue weighted by Gasteiger charge is 2.25. The third kappa shape index (κ3) is 16.1. The second-order valence-electron chi connectivity index (χ2n) is 12.8. The lowest BCUT2D eigenvalue weighted by Crippen LogP contribution is -2.54.